The fourth-order valence-electron chi connectivity index (χ4n) is 3.82. The second-order valence-corrected chi connectivity index (χ2v) is 10.6. The first-order chi connectivity index (χ1) is 12.8. The number of hydrogen-bond donors (Lipinski definition) is 0. The number of aryl methyl sites for hydroxylation is 1. The molecule has 26 heavy (non-hydrogen) atoms. The Bertz CT molecular complexity index is 862. The van der Waals surface area contributed by atoms with Crippen LogP contribution in [-0.2, 0) is 6.16 Å². The van der Waals surface area contributed by atoms with Gasteiger partial charge < -0.3 is 0 Å². The van der Waals surface area contributed by atoms with E-state index in [1.165, 1.54) is 15.9 Å². The Hall–Kier alpha value is -2.63. The van der Waals surface area contributed by atoms with Gasteiger partial charge in [0.1, 0.15) is 0 Å². The molecule has 4 aromatic rings. The van der Waals surface area contributed by atoms with Gasteiger partial charge in [-0.25, -0.2) is 0 Å². The molecule has 0 atom stereocenters. The third-order valence-electron chi connectivity index (χ3n) is 5.04. The van der Waals surface area contributed by atoms with E-state index in [-0.39, 0.29) is 0 Å². The molecule has 0 bridgehead atoms. The summed E-state index contributed by atoms with van der Waals surface area (Å²) in [5.74, 6) is 2.03. The van der Waals surface area contributed by atoms with Crippen LogP contribution in [0.25, 0.3) is 0 Å². The Balaban J connectivity index is 2.00. The molecule has 1 nitrogen and oxygen atoms in total. The first-order valence-corrected chi connectivity index (χ1v) is 11.2. The second-order valence-electron chi connectivity index (χ2n) is 6.69. The molecular formula is C24H23OP. The summed E-state index contributed by atoms with van der Waals surface area (Å²) in [6, 6.07) is 37.0. The van der Waals surface area contributed by atoms with Gasteiger partial charge in [-0.1, -0.05) is 0 Å². The number of hydrogen-bond acceptors (Lipinski definition) is 1. The summed E-state index contributed by atoms with van der Waals surface area (Å²) < 4.78 is 6.04. The zero-order chi connectivity index (χ0) is 17.8. The zero-order valence-electron chi connectivity index (χ0n) is 14.9. The Morgan fingerprint density at radius 2 is 1.00 bits per heavy atom. The molecule has 130 valence electrons. The first-order valence-electron chi connectivity index (χ1n) is 9.01. The predicted molar refractivity (Wildman–Crippen MR) is 114 cm³/mol. The van der Waals surface area contributed by atoms with Crippen molar-refractivity contribution in [1.29, 1.82) is 0 Å². The van der Waals surface area contributed by atoms with Crippen LogP contribution in [-0.4, -0.2) is 0 Å². The van der Waals surface area contributed by atoms with Gasteiger partial charge in [0, 0.05) is 0 Å². The molecule has 4 rings (SSSR count). The van der Waals surface area contributed by atoms with Crippen molar-refractivity contribution in [2.24, 2.45) is 0 Å². The Labute approximate surface area is 155 Å². The van der Waals surface area contributed by atoms with Crippen LogP contribution in [0.3, 0.4) is 0 Å². The molecule has 0 amide bonds. The minimum absolute atomic E-state index is 0.916. The van der Waals surface area contributed by atoms with Crippen molar-refractivity contribution in [2.45, 2.75) is 13.1 Å². The van der Waals surface area contributed by atoms with Crippen LogP contribution in [0.2, 0.25) is 0 Å². The summed E-state index contributed by atoms with van der Waals surface area (Å²) >= 11 is 0. The van der Waals surface area contributed by atoms with Gasteiger partial charge in [-0.05, 0) is 0 Å². The van der Waals surface area contributed by atoms with E-state index in [4.69, 9.17) is 4.42 Å². The molecule has 2 heteroatoms. The molecule has 0 saturated carbocycles. The standard InChI is InChI=1S/C24H23OP/c1-20-17-18-21(25-20)19-26(22-11-5-2-6-12-22,23-13-7-3-8-14-23)24-15-9-4-10-16-24/h2-18,26H,19H2,1H3. The van der Waals surface area contributed by atoms with Crippen molar-refractivity contribution in [3.05, 3.63) is 115 Å². The van der Waals surface area contributed by atoms with Crippen molar-refractivity contribution < 1.29 is 4.42 Å². The quantitative estimate of drug-likeness (QED) is 0.467. The van der Waals surface area contributed by atoms with Crippen LogP contribution in [0.4, 0.5) is 0 Å². The van der Waals surface area contributed by atoms with Gasteiger partial charge >= 0.3 is 155 Å². The van der Waals surface area contributed by atoms with Crippen LogP contribution in [0.15, 0.2) is 108 Å². The summed E-state index contributed by atoms with van der Waals surface area (Å²) in [6.45, 7) is 2.01. The zero-order valence-corrected chi connectivity index (χ0v) is 15.9. The van der Waals surface area contributed by atoms with Crippen molar-refractivity contribution in [2.75, 3.05) is 0 Å². The molecule has 0 unspecified atom stereocenters. The molecule has 0 N–H and O–H groups in total. The summed E-state index contributed by atoms with van der Waals surface area (Å²) in [5, 5.41) is 4.23. The van der Waals surface area contributed by atoms with Crippen LogP contribution in [0.5, 0.6) is 0 Å². The Morgan fingerprint density at radius 3 is 1.35 bits per heavy atom. The molecule has 0 spiro atoms. The van der Waals surface area contributed by atoms with E-state index in [2.05, 4.69) is 103 Å². The topological polar surface area (TPSA) is 13.1 Å². The van der Waals surface area contributed by atoms with Crippen LogP contribution in [0, 0.1) is 6.92 Å². The second kappa shape index (κ2) is 7.32. The predicted octanol–water partition coefficient (Wildman–Crippen LogP) is 4.81. The summed E-state index contributed by atoms with van der Waals surface area (Å²) in [7, 11) is -2.25. The van der Waals surface area contributed by atoms with Crippen LogP contribution in [0.1, 0.15) is 11.5 Å². The van der Waals surface area contributed by atoms with Crippen LogP contribution < -0.4 is 15.9 Å². The fourth-order valence-corrected chi connectivity index (χ4v) is 8.43. The van der Waals surface area contributed by atoms with Gasteiger partial charge in [0.25, 0.3) is 0 Å². The molecule has 0 saturated heterocycles. The fraction of sp³-hybridized carbons (Fsp3) is 0.0833. The maximum absolute atomic E-state index is 6.04. The van der Waals surface area contributed by atoms with E-state index in [9.17, 15) is 0 Å². The maximum atomic E-state index is 6.04. The average molecular weight is 358 g/mol. The summed E-state index contributed by atoms with van der Waals surface area (Å²) in [6.07, 6.45) is 0.916. The van der Waals surface area contributed by atoms with Gasteiger partial charge in [0.2, 0.25) is 0 Å². The Morgan fingerprint density at radius 1 is 0.577 bits per heavy atom. The van der Waals surface area contributed by atoms with Gasteiger partial charge in [-0.2, -0.15) is 0 Å². The van der Waals surface area contributed by atoms with Crippen LogP contribution >= 0.6 is 7.26 Å². The molecule has 0 aliphatic rings. The third kappa shape index (κ3) is 3.11. The molecule has 1 aromatic heterocycles. The van der Waals surface area contributed by atoms with Gasteiger partial charge in [-0.15, -0.1) is 0 Å². The van der Waals surface area contributed by atoms with E-state index in [1.807, 2.05) is 6.92 Å². The van der Waals surface area contributed by atoms with Gasteiger partial charge in [0.15, 0.2) is 0 Å². The number of rotatable bonds is 5. The number of benzene rings is 3. The molecule has 0 radical (unpaired) electrons. The normalized spacial score (nSPS) is 12.0. The summed E-state index contributed by atoms with van der Waals surface area (Å²) in [4.78, 5) is 0. The van der Waals surface area contributed by atoms with Crippen molar-refractivity contribution in [1.82, 2.24) is 0 Å². The van der Waals surface area contributed by atoms with E-state index >= 15 is 0 Å². The molecule has 0 aliphatic carbocycles. The molecule has 1 heterocycles. The minimum atomic E-state index is -2.25. The monoisotopic (exact) mass is 358 g/mol. The van der Waals surface area contributed by atoms with Gasteiger partial charge in [-0.3, -0.25) is 0 Å². The van der Waals surface area contributed by atoms with E-state index in [0.717, 1.165) is 17.7 Å². The van der Waals surface area contributed by atoms with E-state index in [0.29, 0.717) is 0 Å². The van der Waals surface area contributed by atoms with E-state index < -0.39 is 7.26 Å². The number of furan rings is 1. The van der Waals surface area contributed by atoms with Crippen molar-refractivity contribution >= 4 is 23.2 Å². The molecular weight excluding hydrogens is 335 g/mol. The van der Waals surface area contributed by atoms with E-state index in [1.54, 1.807) is 0 Å². The summed E-state index contributed by atoms with van der Waals surface area (Å²) in [5.41, 5.74) is 0. The average Bonchev–Trinajstić information content (AvgIpc) is 3.13. The molecule has 3 aromatic carbocycles. The van der Waals surface area contributed by atoms with Crippen molar-refractivity contribution in [3.8, 4) is 0 Å². The third-order valence-corrected chi connectivity index (χ3v) is 9.87. The first kappa shape index (κ1) is 16.8. The van der Waals surface area contributed by atoms with Crippen molar-refractivity contribution in [3.63, 3.8) is 0 Å². The SMILES string of the molecule is Cc1ccc(C[PH](c2ccccc2)(c2ccccc2)c2ccccc2)o1. The molecule has 0 fully saturated rings. The molecule has 0 aliphatic heterocycles. The Kier molecular flexibility index (Phi) is 4.73. The van der Waals surface area contributed by atoms with Gasteiger partial charge in [0.05, 0.1) is 0 Å².